The zero-order valence-corrected chi connectivity index (χ0v) is 15.6. The van der Waals surface area contributed by atoms with Gasteiger partial charge in [0.15, 0.2) is 0 Å². The summed E-state index contributed by atoms with van der Waals surface area (Å²) in [6.45, 7) is 1.15. The highest BCUT2D eigenvalue weighted by Gasteiger charge is 2.51. The molecule has 27 heavy (non-hydrogen) atoms. The van der Waals surface area contributed by atoms with Crippen molar-refractivity contribution < 1.29 is 26.7 Å². The van der Waals surface area contributed by atoms with Gasteiger partial charge in [-0.3, -0.25) is 4.72 Å². The summed E-state index contributed by atoms with van der Waals surface area (Å²) in [5.74, 6) is -2.89. The lowest BCUT2D eigenvalue weighted by atomic mass is 10.0. The number of halogens is 5. The molecule has 0 amide bonds. The van der Waals surface area contributed by atoms with Crippen LogP contribution in [0.15, 0.2) is 17.0 Å². The van der Waals surface area contributed by atoms with Crippen molar-refractivity contribution in [2.75, 3.05) is 25.1 Å². The van der Waals surface area contributed by atoms with E-state index in [1.807, 2.05) is 4.90 Å². The smallest absolute Gasteiger partial charge is 0.420 e. The van der Waals surface area contributed by atoms with Gasteiger partial charge >= 0.3 is 6.18 Å². The molecule has 3 nitrogen and oxygen atoms in total. The second kappa shape index (κ2) is 6.69. The monoisotopic (exact) mass is 408 g/mol. The Morgan fingerprint density at radius 1 is 1.19 bits per heavy atom. The lowest BCUT2D eigenvalue weighted by Gasteiger charge is -2.32. The van der Waals surface area contributed by atoms with E-state index in [4.69, 9.17) is 4.74 Å². The topological polar surface area (TPSA) is 24.5 Å². The van der Waals surface area contributed by atoms with E-state index in [-0.39, 0.29) is 36.5 Å². The normalized spacial score (nSPS) is 30.0. The Bertz CT molecular complexity index is 710. The van der Waals surface area contributed by atoms with Crippen molar-refractivity contribution in [1.29, 1.82) is 0 Å². The first-order valence-electron chi connectivity index (χ1n) is 9.01. The Balaban J connectivity index is 1.67. The second-order valence-electron chi connectivity index (χ2n) is 7.62. The standard InChI is InChI=1S/C18H21F5N2OS/c1-26-15-7-16-14(6-13(15)18(21,22)23)25(3-2-24-27-16)12-4-10-8-17(19,20)9-11(10)5-12/h6-7,10-12,24H,2-5,8-9H2,1H3. The Hall–Kier alpha value is -1.22. The van der Waals surface area contributed by atoms with Gasteiger partial charge in [0.2, 0.25) is 5.92 Å². The number of nitrogens with zero attached hydrogens (tertiary/aromatic N) is 1. The van der Waals surface area contributed by atoms with Gasteiger partial charge < -0.3 is 9.64 Å². The number of rotatable bonds is 2. The zero-order valence-electron chi connectivity index (χ0n) is 14.8. The first kappa shape index (κ1) is 19.1. The molecule has 0 aromatic heterocycles. The highest BCUT2D eigenvalue weighted by atomic mass is 32.2. The van der Waals surface area contributed by atoms with Crippen LogP contribution in [0.5, 0.6) is 5.75 Å². The first-order valence-corrected chi connectivity index (χ1v) is 9.83. The Kier molecular flexibility index (Phi) is 4.73. The summed E-state index contributed by atoms with van der Waals surface area (Å²) < 4.78 is 75.8. The van der Waals surface area contributed by atoms with E-state index in [1.54, 1.807) is 0 Å². The number of fused-ring (bicyclic) bond motifs is 2. The number of hydrogen-bond acceptors (Lipinski definition) is 4. The van der Waals surface area contributed by atoms with Crippen LogP contribution >= 0.6 is 11.9 Å². The highest BCUT2D eigenvalue weighted by Crippen LogP contribution is 2.53. The third kappa shape index (κ3) is 3.60. The van der Waals surface area contributed by atoms with Crippen molar-refractivity contribution in [2.24, 2.45) is 11.8 Å². The summed E-state index contributed by atoms with van der Waals surface area (Å²) in [5.41, 5.74) is -0.296. The molecule has 0 bridgehead atoms. The van der Waals surface area contributed by atoms with E-state index in [0.29, 0.717) is 36.5 Å². The molecule has 1 aliphatic heterocycles. The van der Waals surface area contributed by atoms with Crippen LogP contribution in [0.1, 0.15) is 31.2 Å². The maximum Gasteiger partial charge on any atom is 0.420 e. The molecule has 1 aromatic carbocycles. The predicted octanol–water partition coefficient (Wildman–Crippen LogP) is 4.95. The predicted molar refractivity (Wildman–Crippen MR) is 93.4 cm³/mol. The lowest BCUT2D eigenvalue weighted by molar-refractivity contribution is -0.138. The van der Waals surface area contributed by atoms with Gasteiger partial charge in [0, 0.05) is 36.9 Å². The van der Waals surface area contributed by atoms with Crippen LogP contribution in [0.3, 0.4) is 0 Å². The van der Waals surface area contributed by atoms with E-state index in [9.17, 15) is 22.0 Å². The van der Waals surface area contributed by atoms with Gasteiger partial charge in [-0.1, -0.05) is 0 Å². The number of hydrogen-bond donors (Lipinski definition) is 1. The van der Waals surface area contributed by atoms with Crippen molar-refractivity contribution in [3.8, 4) is 5.75 Å². The average molecular weight is 408 g/mol. The summed E-state index contributed by atoms with van der Waals surface area (Å²) in [7, 11) is 1.22. The molecule has 150 valence electrons. The molecule has 9 heteroatoms. The molecule has 2 fully saturated rings. The van der Waals surface area contributed by atoms with Crippen LogP contribution in [-0.4, -0.2) is 32.2 Å². The Morgan fingerprint density at radius 2 is 1.85 bits per heavy atom. The largest absolute Gasteiger partial charge is 0.496 e. The third-order valence-corrected chi connectivity index (χ3v) is 6.81. The van der Waals surface area contributed by atoms with Crippen LogP contribution in [0.4, 0.5) is 27.6 Å². The maximum absolute atomic E-state index is 13.6. The highest BCUT2D eigenvalue weighted by molar-refractivity contribution is 7.97. The summed E-state index contributed by atoms with van der Waals surface area (Å²) in [6.07, 6.45) is -3.50. The number of nitrogens with one attached hydrogen (secondary N) is 1. The molecule has 2 atom stereocenters. The van der Waals surface area contributed by atoms with E-state index in [0.717, 1.165) is 6.07 Å². The van der Waals surface area contributed by atoms with Gasteiger partial charge in [-0.05, 0) is 48.8 Å². The minimum Gasteiger partial charge on any atom is -0.496 e. The number of benzene rings is 1. The average Bonchev–Trinajstić information content (AvgIpc) is 2.98. The van der Waals surface area contributed by atoms with Crippen LogP contribution in [0.2, 0.25) is 0 Å². The summed E-state index contributed by atoms with van der Waals surface area (Å²) >= 11 is 1.28. The molecular weight excluding hydrogens is 387 g/mol. The molecule has 0 radical (unpaired) electrons. The quantitative estimate of drug-likeness (QED) is 0.553. The van der Waals surface area contributed by atoms with Crippen LogP contribution < -0.4 is 14.4 Å². The summed E-state index contributed by atoms with van der Waals surface area (Å²) in [4.78, 5) is 2.65. The van der Waals surface area contributed by atoms with Crippen molar-refractivity contribution in [3.63, 3.8) is 0 Å². The van der Waals surface area contributed by atoms with E-state index >= 15 is 0 Å². The fourth-order valence-corrected chi connectivity index (χ4v) is 5.62. The molecule has 0 saturated heterocycles. The van der Waals surface area contributed by atoms with Gasteiger partial charge in [-0.2, -0.15) is 13.2 Å². The molecule has 1 N–H and O–H groups in total. The van der Waals surface area contributed by atoms with Gasteiger partial charge in [-0.25, -0.2) is 8.78 Å². The van der Waals surface area contributed by atoms with Crippen molar-refractivity contribution in [2.45, 2.75) is 48.7 Å². The van der Waals surface area contributed by atoms with Crippen LogP contribution in [0.25, 0.3) is 0 Å². The molecule has 2 unspecified atom stereocenters. The molecule has 2 saturated carbocycles. The lowest BCUT2D eigenvalue weighted by Crippen LogP contribution is -2.37. The fraction of sp³-hybridized carbons (Fsp3) is 0.667. The molecule has 0 spiro atoms. The fourth-order valence-electron chi connectivity index (χ4n) is 4.83. The van der Waals surface area contributed by atoms with E-state index in [1.165, 1.54) is 25.1 Å². The van der Waals surface area contributed by atoms with E-state index < -0.39 is 17.7 Å². The van der Waals surface area contributed by atoms with E-state index in [2.05, 4.69) is 4.72 Å². The van der Waals surface area contributed by atoms with Crippen LogP contribution in [-0.2, 0) is 6.18 Å². The number of ether oxygens (including phenoxy) is 1. The minimum atomic E-state index is -4.52. The van der Waals surface area contributed by atoms with Crippen molar-refractivity contribution in [3.05, 3.63) is 17.7 Å². The van der Waals surface area contributed by atoms with Crippen molar-refractivity contribution >= 4 is 17.6 Å². The summed E-state index contributed by atoms with van der Waals surface area (Å²) in [5, 5.41) is 0. The van der Waals surface area contributed by atoms with Gasteiger partial charge in [0.1, 0.15) is 5.75 Å². The molecule has 4 rings (SSSR count). The van der Waals surface area contributed by atoms with Gasteiger partial charge in [0.25, 0.3) is 0 Å². The third-order valence-electron chi connectivity index (χ3n) is 5.91. The molecule has 2 aliphatic carbocycles. The first-order chi connectivity index (χ1) is 12.7. The molecular formula is C18H21F5N2OS. The second-order valence-corrected chi connectivity index (χ2v) is 8.55. The van der Waals surface area contributed by atoms with Crippen LogP contribution in [0, 0.1) is 11.8 Å². The SMILES string of the molecule is COc1cc2c(cc1C(F)(F)F)N(C1CC3CC(F)(F)CC3C1)CCNS2. The Morgan fingerprint density at radius 3 is 2.44 bits per heavy atom. The maximum atomic E-state index is 13.6. The number of methoxy groups -OCH3 is 1. The zero-order chi connectivity index (χ0) is 19.4. The van der Waals surface area contributed by atoms with Gasteiger partial charge in [-0.15, -0.1) is 0 Å². The number of alkyl halides is 5. The molecule has 3 aliphatic rings. The molecule has 1 aromatic rings. The number of anilines is 1. The Labute approximate surface area is 158 Å². The summed E-state index contributed by atoms with van der Waals surface area (Å²) in [6, 6.07) is 2.56. The van der Waals surface area contributed by atoms with Crippen molar-refractivity contribution in [1.82, 2.24) is 4.72 Å². The molecule has 1 heterocycles. The van der Waals surface area contributed by atoms with Gasteiger partial charge in [0.05, 0.1) is 18.4 Å². The minimum absolute atomic E-state index is 0.00942.